The third-order valence-corrected chi connectivity index (χ3v) is 2.31. The predicted molar refractivity (Wildman–Crippen MR) is 56.2 cm³/mol. The van der Waals surface area contributed by atoms with E-state index >= 15 is 0 Å². The lowest BCUT2D eigenvalue weighted by atomic mass is 10.2. The minimum atomic E-state index is 0.571. The van der Waals surface area contributed by atoms with Gasteiger partial charge >= 0.3 is 0 Å². The molecule has 15 heavy (non-hydrogen) atoms. The van der Waals surface area contributed by atoms with Crippen LogP contribution in [-0.4, -0.2) is 20.6 Å². The Morgan fingerprint density at radius 1 is 1.27 bits per heavy atom. The van der Waals surface area contributed by atoms with Gasteiger partial charge in [0, 0.05) is 11.6 Å². The summed E-state index contributed by atoms with van der Waals surface area (Å²) in [6, 6.07) is 7.71. The lowest BCUT2D eigenvalue weighted by Gasteiger charge is -2.03. The Bertz CT molecular complexity index is 414. The topological polar surface area (TPSA) is 66.5 Å². The normalized spacial score (nSPS) is 10.5. The maximum Gasteiger partial charge on any atom is 0.188 e. The van der Waals surface area contributed by atoms with Crippen molar-refractivity contribution >= 4 is 11.6 Å². The van der Waals surface area contributed by atoms with Crippen LogP contribution in [0.1, 0.15) is 11.4 Å². The monoisotopic (exact) mass is 223 g/mol. The molecule has 0 saturated heterocycles. The van der Waals surface area contributed by atoms with Gasteiger partial charge in [-0.25, -0.2) is 0 Å². The summed E-state index contributed by atoms with van der Waals surface area (Å²) in [6.45, 7) is 1.26. The molecule has 0 unspecified atom stereocenters. The first-order valence-corrected chi connectivity index (χ1v) is 4.90. The van der Waals surface area contributed by atoms with Gasteiger partial charge in [-0.1, -0.05) is 35.0 Å². The number of rotatable bonds is 4. The number of benzene rings is 1. The fourth-order valence-electron chi connectivity index (χ4n) is 1.21. The van der Waals surface area contributed by atoms with Gasteiger partial charge in [0.2, 0.25) is 0 Å². The van der Waals surface area contributed by atoms with Crippen LogP contribution < -0.4 is 5.32 Å². The zero-order valence-electron chi connectivity index (χ0n) is 7.94. The molecule has 0 aliphatic heterocycles. The van der Waals surface area contributed by atoms with Crippen molar-refractivity contribution in [3.63, 3.8) is 0 Å². The van der Waals surface area contributed by atoms with Crippen LogP contribution in [0.3, 0.4) is 0 Å². The molecule has 0 aliphatic carbocycles. The van der Waals surface area contributed by atoms with Crippen molar-refractivity contribution in [1.82, 2.24) is 25.9 Å². The smallest absolute Gasteiger partial charge is 0.188 e. The molecule has 6 heteroatoms. The number of nitrogens with zero attached hydrogens (tertiary/aromatic N) is 3. The van der Waals surface area contributed by atoms with Crippen LogP contribution in [-0.2, 0) is 13.1 Å². The Hall–Kier alpha value is -1.46. The second kappa shape index (κ2) is 4.86. The van der Waals surface area contributed by atoms with E-state index < -0.39 is 0 Å². The molecule has 0 radical (unpaired) electrons. The van der Waals surface area contributed by atoms with Gasteiger partial charge < -0.3 is 5.32 Å². The average molecular weight is 224 g/mol. The minimum Gasteiger partial charge on any atom is -0.306 e. The molecule has 0 saturated carbocycles. The number of tetrazole rings is 1. The molecular formula is C9H10ClN5. The highest BCUT2D eigenvalue weighted by Crippen LogP contribution is 2.14. The van der Waals surface area contributed by atoms with Crippen molar-refractivity contribution < 1.29 is 0 Å². The first-order chi connectivity index (χ1) is 7.36. The molecule has 0 bridgehead atoms. The summed E-state index contributed by atoms with van der Waals surface area (Å²) in [5, 5.41) is 17.4. The summed E-state index contributed by atoms with van der Waals surface area (Å²) in [7, 11) is 0. The zero-order valence-corrected chi connectivity index (χ0v) is 8.70. The summed E-state index contributed by atoms with van der Waals surface area (Å²) in [4.78, 5) is 0. The van der Waals surface area contributed by atoms with Crippen molar-refractivity contribution in [1.29, 1.82) is 0 Å². The van der Waals surface area contributed by atoms with Gasteiger partial charge in [-0.05, 0) is 11.6 Å². The van der Waals surface area contributed by atoms with Crippen molar-refractivity contribution in [3.05, 3.63) is 40.7 Å². The molecule has 0 atom stereocenters. The van der Waals surface area contributed by atoms with Crippen molar-refractivity contribution in [2.45, 2.75) is 13.1 Å². The largest absolute Gasteiger partial charge is 0.306 e. The number of aromatic amines is 1. The highest BCUT2D eigenvalue weighted by molar-refractivity contribution is 6.31. The molecule has 2 rings (SSSR count). The summed E-state index contributed by atoms with van der Waals surface area (Å²) in [6.07, 6.45) is 0. The van der Waals surface area contributed by atoms with Gasteiger partial charge in [-0.2, -0.15) is 5.21 Å². The SMILES string of the molecule is Clc1ccccc1CNCc1nn[nH]n1. The van der Waals surface area contributed by atoms with Crippen LogP contribution >= 0.6 is 11.6 Å². The molecule has 1 heterocycles. The van der Waals surface area contributed by atoms with E-state index in [4.69, 9.17) is 11.6 Å². The average Bonchev–Trinajstić information content (AvgIpc) is 2.74. The number of hydrogen-bond acceptors (Lipinski definition) is 4. The maximum absolute atomic E-state index is 6.00. The zero-order chi connectivity index (χ0) is 10.5. The summed E-state index contributed by atoms with van der Waals surface area (Å²) < 4.78 is 0. The lowest BCUT2D eigenvalue weighted by molar-refractivity contribution is 0.663. The quantitative estimate of drug-likeness (QED) is 0.816. The summed E-state index contributed by atoms with van der Waals surface area (Å²) in [5.41, 5.74) is 1.06. The Labute approximate surface area is 91.8 Å². The van der Waals surface area contributed by atoms with E-state index in [1.54, 1.807) is 0 Å². The molecule has 0 amide bonds. The molecule has 1 aromatic carbocycles. The Balaban J connectivity index is 1.86. The number of hydrogen-bond donors (Lipinski definition) is 2. The standard InChI is InChI=1S/C9H10ClN5/c10-8-4-2-1-3-7(8)5-11-6-9-12-14-15-13-9/h1-4,11H,5-6H2,(H,12,13,14,15). The van der Waals surface area contributed by atoms with Crippen molar-refractivity contribution in [2.75, 3.05) is 0 Å². The van der Waals surface area contributed by atoms with Crippen LogP contribution in [0.5, 0.6) is 0 Å². The highest BCUT2D eigenvalue weighted by atomic mass is 35.5. The van der Waals surface area contributed by atoms with Crippen LogP contribution in [0.4, 0.5) is 0 Å². The van der Waals surface area contributed by atoms with Gasteiger partial charge in [-0.15, -0.1) is 10.2 Å². The third-order valence-electron chi connectivity index (χ3n) is 1.95. The molecule has 0 fully saturated rings. The van der Waals surface area contributed by atoms with Crippen LogP contribution in [0.25, 0.3) is 0 Å². The van der Waals surface area contributed by atoms with E-state index in [0.717, 1.165) is 10.6 Å². The van der Waals surface area contributed by atoms with Crippen molar-refractivity contribution in [3.8, 4) is 0 Å². The Morgan fingerprint density at radius 3 is 2.87 bits per heavy atom. The molecule has 1 aromatic heterocycles. The van der Waals surface area contributed by atoms with Gasteiger partial charge in [0.15, 0.2) is 5.82 Å². The Morgan fingerprint density at radius 2 is 2.13 bits per heavy atom. The molecule has 78 valence electrons. The molecule has 2 aromatic rings. The maximum atomic E-state index is 6.00. The molecular weight excluding hydrogens is 214 g/mol. The minimum absolute atomic E-state index is 0.571. The van der Waals surface area contributed by atoms with Gasteiger partial charge in [0.25, 0.3) is 0 Å². The van der Waals surface area contributed by atoms with E-state index in [9.17, 15) is 0 Å². The van der Waals surface area contributed by atoms with E-state index in [2.05, 4.69) is 25.9 Å². The van der Waals surface area contributed by atoms with E-state index in [0.29, 0.717) is 18.9 Å². The lowest BCUT2D eigenvalue weighted by Crippen LogP contribution is -2.14. The van der Waals surface area contributed by atoms with E-state index in [1.807, 2.05) is 24.3 Å². The van der Waals surface area contributed by atoms with Crippen LogP contribution in [0.2, 0.25) is 5.02 Å². The second-order valence-corrected chi connectivity index (χ2v) is 3.43. The highest BCUT2D eigenvalue weighted by Gasteiger charge is 2.00. The van der Waals surface area contributed by atoms with Gasteiger partial charge in [0.05, 0.1) is 6.54 Å². The van der Waals surface area contributed by atoms with E-state index in [-0.39, 0.29) is 0 Å². The summed E-state index contributed by atoms with van der Waals surface area (Å²) >= 11 is 6.00. The number of H-pyrrole nitrogens is 1. The van der Waals surface area contributed by atoms with E-state index in [1.165, 1.54) is 0 Å². The van der Waals surface area contributed by atoms with Crippen LogP contribution in [0.15, 0.2) is 24.3 Å². The molecule has 2 N–H and O–H groups in total. The van der Waals surface area contributed by atoms with Gasteiger partial charge in [0.1, 0.15) is 0 Å². The first kappa shape index (κ1) is 10.1. The molecule has 0 spiro atoms. The summed E-state index contributed by atoms with van der Waals surface area (Å²) in [5.74, 6) is 0.641. The fourth-order valence-corrected chi connectivity index (χ4v) is 1.41. The van der Waals surface area contributed by atoms with Crippen LogP contribution in [0, 0.1) is 0 Å². The predicted octanol–water partition coefficient (Wildman–Crippen LogP) is 1.14. The van der Waals surface area contributed by atoms with Gasteiger partial charge in [-0.3, -0.25) is 0 Å². The second-order valence-electron chi connectivity index (χ2n) is 3.02. The first-order valence-electron chi connectivity index (χ1n) is 4.52. The number of nitrogens with one attached hydrogen (secondary N) is 2. The third kappa shape index (κ3) is 2.74. The Kier molecular flexibility index (Phi) is 3.26. The fraction of sp³-hybridized carbons (Fsp3) is 0.222. The number of halogens is 1. The molecule has 0 aliphatic rings. The molecule has 5 nitrogen and oxygen atoms in total. The van der Waals surface area contributed by atoms with Crippen molar-refractivity contribution in [2.24, 2.45) is 0 Å². The number of aromatic nitrogens is 4.